The number of nitrogens with zero attached hydrogens (tertiary/aromatic N) is 5. The van der Waals surface area contributed by atoms with Crippen LogP contribution >= 0.6 is 0 Å². The Kier molecular flexibility index (Phi) is 6.90. The first kappa shape index (κ1) is 25.5. The van der Waals surface area contributed by atoms with Gasteiger partial charge in [0.05, 0.1) is 24.2 Å². The third-order valence-electron chi connectivity index (χ3n) is 6.50. The van der Waals surface area contributed by atoms with E-state index in [1.54, 1.807) is 73.1 Å². The molecule has 0 saturated heterocycles. The molecule has 0 radical (unpaired) electrons. The first-order valence-corrected chi connectivity index (χ1v) is 12.5. The maximum Gasteiger partial charge on any atom is 0.270 e. The number of pyridine rings is 2. The lowest BCUT2D eigenvalue weighted by atomic mass is 9.79. The number of aliphatic hydroxyl groups is 1. The van der Waals surface area contributed by atoms with Crippen LogP contribution in [0.25, 0.3) is 17.2 Å². The number of carbonyl (C=O) groups excluding carboxylic acids is 1. The van der Waals surface area contributed by atoms with Gasteiger partial charge in [-0.3, -0.25) is 9.36 Å². The second-order valence-corrected chi connectivity index (χ2v) is 9.79. The van der Waals surface area contributed by atoms with Gasteiger partial charge in [0, 0.05) is 12.0 Å². The van der Waals surface area contributed by atoms with E-state index in [9.17, 15) is 14.3 Å². The van der Waals surface area contributed by atoms with Crippen molar-refractivity contribution in [1.29, 1.82) is 0 Å². The number of amides is 1. The maximum atomic E-state index is 14.9. The summed E-state index contributed by atoms with van der Waals surface area (Å²) in [5, 5.41) is 22.0. The summed E-state index contributed by atoms with van der Waals surface area (Å²) < 4.78 is 22.1. The van der Waals surface area contributed by atoms with Gasteiger partial charge in [0.1, 0.15) is 34.4 Å². The fraction of sp³-hybridized carbons (Fsp3) is 0.321. The van der Waals surface area contributed by atoms with E-state index in [-0.39, 0.29) is 23.6 Å². The first-order chi connectivity index (χ1) is 18.2. The monoisotopic (exact) mass is 516 g/mol. The summed E-state index contributed by atoms with van der Waals surface area (Å²) in [6.07, 6.45) is 2.83. The molecule has 0 atom stereocenters. The number of hydrogen-bond acceptors (Lipinski definition) is 7. The van der Waals surface area contributed by atoms with Gasteiger partial charge in [-0.25, -0.2) is 14.4 Å². The fourth-order valence-electron chi connectivity index (χ4n) is 4.47. The summed E-state index contributed by atoms with van der Waals surface area (Å²) in [4.78, 5) is 21.6. The quantitative estimate of drug-likeness (QED) is 0.361. The second kappa shape index (κ2) is 10.3. The van der Waals surface area contributed by atoms with E-state index >= 15 is 0 Å². The molecule has 9 nitrogen and oxygen atoms in total. The van der Waals surface area contributed by atoms with Crippen LogP contribution in [0.3, 0.4) is 0 Å². The summed E-state index contributed by atoms with van der Waals surface area (Å²) in [6, 6.07) is 14.9. The van der Waals surface area contributed by atoms with Crippen LogP contribution in [0.2, 0.25) is 0 Å². The molecule has 2 N–H and O–H groups in total. The molecule has 0 aliphatic heterocycles. The Balaban J connectivity index is 1.37. The number of halogens is 1. The number of para-hydroxylation sites is 1. The van der Waals surface area contributed by atoms with Crippen molar-refractivity contribution >= 4 is 5.91 Å². The van der Waals surface area contributed by atoms with Gasteiger partial charge in [-0.15, -0.1) is 10.2 Å². The minimum absolute atomic E-state index is 0.0421. The van der Waals surface area contributed by atoms with E-state index in [1.165, 1.54) is 6.07 Å². The molecule has 1 fully saturated rings. The van der Waals surface area contributed by atoms with Crippen LogP contribution in [-0.2, 0) is 5.60 Å². The van der Waals surface area contributed by atoms with Gasteiger partial charge >= 0.3 is 0 Å². The average molecular weight is 517 g/mol. The first-order valence-electron chi connectivity index (χ1n) is 12.5. The Morgan fingerprint density at radius 1 is 1.13 bits per heavy atom. The molecule has 1 aliphatic carbocycles. The van der Waals surface area contributed by atoms with Gasteiger partial charge < -0.3 is 15.2 Å². The number of rotatable bonds is 8. The maximum absolute atomic E-state index is 14.9. The number of hydrogen-bond donors (Lipinski definition) is 2. The highest BCUT2D eigenvalue weighted by molar-refractivity contribution is 5.92. The Morgan fingerprint density at radius 3 is 2.61 bits per heavy atom. The van der Waals surface area contributed by atoms with E-state index in [4.69, 9.17) is 4.74 Å². The number of ether oxygens (including phenoxy) is 1. The zero-order valence-electron chi connectivity index (χ0n) is 21.4. The van der Waals surface area contributed by atoms with Crippen molar-refractivity contribution in [2.75, 3.05) is 6.61 Å². The third-order valence-corrected chi connectivity index (χ3v) is 6.50. The SMILES string of the molecule is CCOc1ccc(-c2nnc(C3CC(NC(=O)c4cccc(C(C)(C)O)n4)C3)n2-c2ccccc2F)nc1. The van der Waals surface area contributed by atoms with Crippen molar-refractivity contribution in [3.05, 3.63) is 83.8 Å². The molecule has 0 spiro atoms. The zero-order chi connectivity index (χ0) is 26.9. The molecule has 0 bridgehead atoms. The second-order valence-electron chi connectivity index (χ2n) is 9.79. The molecular formula is C28H29FN6O3. The normalized spacial score (nSPS) is 17.1. The molecule has 0 unspecified atom stereocenters. The van der Waals surface area contributed by atoms with E-state index in [1.807, 2.05) is 6.92 Å². The largest absolute Gasteiger partial charge is 0.492 e. The van der Waals surface area contributed by atoms with Crippen LogP contribution in [0.4, 0.5) is 4.39 Å². The Labute approximate surface area is 219 Å². The molecule has 196 valence electrons. The Hall–Kier alpha value is -4.18. The number of aromatic nitrogens is 5. The summed E-state index contributed by atoms with van der Waals surface area (Å²) in [5.41, 5.74) is 0.386. The molecule has 1 amide bonds. The predicted molar refractivity (Wildman–Crippen MR) is 138 cm³/mol. The number of benzene rings is 1. The van der Waals surface area contributed by atoms with Gasteiger partial charge in [0.2, 0.25) is 0 Å². The van der Waals surface area contributed by atoms with Crippen LogP contribution in [0.15, 0.2) is 60.8 Å². The van der Waals surface area contributed by atoms with Crippen molar-refractivity contribution in [3.8, 4) is 23.0 Å². The summed E-state index contributed by atoms with van der Waals surface area (Å²) in [7, 11) is 0. The van der Waals surface area contributed by atoms with Crippen LogP contribution in [0.5, 0.6) is 5.75 Å². The summed E-state index contributed by atoms with van der Waals surface area (Å²) in [6.45, 7) is 5.66. The van der Waals surface area contributed by atoms with Crippen molar-refractivity contribution in [2.45, 2.75) is 51.2 Å². The molecule has 3 heterocycles. The van der Waals surface area contributed by atoms with Crippen molar-refractivity contribution < 1.29 is 19.0 Å². The average Bonchev–Trinajstić information content (AvgIpc) is 3.30. The topological polar surface area (TPSA) is 115 Å². The number of carbonyl (C=O) groups is 1. The Morgan fingerprint density at radius 2 is 1.92 bits per heavy atom. The van der Waals surface area contributed by atoms with Gasteiger partial charge in [0.25, 0.3) is 5.91 Å². The minimum Gasteiger partial charge on any atom is -0.492 e. The summed E-state index contributed by atoms with van der Waals surface area (Å²) in [5.74, 6) is 0.909. The van der Waals surface area contributed by atoms with Gasteiger partial charge in [-0.1, -0.05) is 18.2 Å². The van der Waals surface area contributed by atoms with E-state index < -0.39 is 11.4 Å². The highest BCUT2D eigenvalue weighted by Gasteiger charge is 2.37. The third kappa shape index (κ3) is 5.12. The molecule has 10 heteroatoms. The van der Waals surface area contributed by atoms with Crippen LogP contribution in [0.1, 0.15) is 61.5 Å². The molecule has 4 aromatic rings. The lowest BCUT2D eigenvalue weighted by Crippen LogP contribution is -2.44. The highest BCUT2D eigenvalue weighted by atomic mass is 19.1. The highest BCUT2D eigenvalue weighted by Crippen LogP contribution is 2.39. The summed E-state index contributed by atoms with van der Waals surface area (Å²) >= 11 is 0. The molecular weight excluding hydrogens is 487 g/mol. The minimum atomic E-state index is -1.15. The lowest BCUT2D eigenvalue weighted by molar-refractivity contribution is 0.0732. The van der Waals surface area contributed by atoms with Gasteiger partial charge in [-0.05, 0) is 70.0 Å². The molecule has 5 rings (SSSR count). The smallest absolute Gasteiger partial charge is 0.270 e. The fourth-order valence-corrected chi connectivity index (χ4v) is 4.47. The zero-order valence-corrected chi connectivity index (χ0v) is 21.4. The van der Waals surface area contributed by atoms with Crippen molar-refractivity contribution in [2.24, 2.45) is 0 Å². The molecule has 3 aromatic heterocycles. The predicted octanol–water partition coefficient (Wildman–Crippen LogP) is 4.17. The van der Waals surface area contributed by atoms with Gasteiger partial charge in [-0.2, -0.15) is 0 Å². The van der Waals surface area contributed by atoms with Crippen LogP contribution in [0, 0.1) is 5.82 Å². The molecule has 1 saturated carbocycles. The van der Waals surface area contributed by atoms with Crippen LogP contribution in [-0.4, -0.2) is 48.4 Å². The van der Waals surface area contributed by atoms with Gasteiger partial charge in [0.15, 0.2) is 5.82 Å². The van der Waals surface area contributed by atoms with E-state index in [2.05, 4.69) is 25.5 Å². The number of nitrogens with one attached hydrogen (secondary N) is 1. The van der Waals surface area contributed by atoms with Crippen molar-refractivity contribution in [1.82, 2.24) is 30.0 Å². The van der Waals surface area contributed by atoms with E-state index in [0.717, 1.165) is 0 Å². The Bertz CT molecular complexity index is 1440. The molecule has 1 aromatic carbocycles. The van der Waals surface area contributed by atoms with Crippen molar-refractivity contribution in [3.63, 3.8) is 0 Å². The lowest BCUT2D eigenvalue weighted by Gasteiger charge is -2.35. The van der Waals surface area contributed by atoms with Crippen LogP contribution < -0.4 is 10.1 Å². The molecule has 1 aliphatic rings. The molecule has 38 heavy (non-hydrogen) atoms. The standard InChI is InChI=1S/C28H29FN6O3/c1-4-38-19-12-13-21(30-16-19)26-34-33-25(35(26)23-10-6-5-8-20(23)29)17-14-18(15-17)31-27(36)22-9-7-11-24(32-22)28(2,3)37/h5-13,16-18,37H,4,14-15H2,1-3H3,(H,31,36). The van der Waals surface area contributed by atoms with E-state index in [0.29, 0.717) is 53.9 Å².